The first-order valence-electron chi connectivity index (χ1n) is 3.60. The van der Waals surface area contributed by atoms with Gasteiger partial charge in [-0.25, -0.2) is 8.42 Å². The maximum absolute atomic E-state index is 11.9. The summed E-state index contributed by atoms with van der Waals surface area (Å²) in [7, 11) is 1.08. The molecule has 0 saturated heterocycles. The molecule has 1 aromatic rings. The third-order valence-corrected chi connectivity index (χ3v) is 5.08. The van der Waals surface area contributed by atoms with Gasteiger partial charge in [0.15, 0.2) is 0 Å². The number of hydrogen-bond donors (Lipinski definition) is 0. The zero-order valence-electron chi connectivity index (χ0n) is 7.25. The minimum Gasteiger partial charge on any atom is -0.435 e. The zero-order chi connectivity index (χ0) is 12.5. The highest BCUT2D eigenvalue weighted by Crippen LogP contribution is 2.36. The average Bonchev–Trinajstić information content (AvgIpc) is 2.08. The van der Waals surface area contributed by atoms with Crippen LogP contribution in [0.3, 0.4) is 0 Å². The van der Waals surface area contributed by atoms with Crippen LogP contribution >= 0.6 is 42.5 Å². The molecule has 0 bridgehead atoms. The normalized spacial score (nSPS) is 11.9. The van der Waals surface area contributed by atoms with Gasteiger partial charge in [0.05, 0.1) is 4.47 Å². The Hall–Kier alpha value is 0.0800. The highest BCUT2D eigenvalue weighted by molar-refractivity contribution is 9.13. The van der Waals surface area contributed by atoms with Crippen LogP contribution in [-0.2, 0) is 9.05 Å². The molecular weight excluding hydrogens is 397 g/mol. The summed E-state index contributed by atoms with van der Waals surface area (Å²) < 4.78 is 50.6. The fraction of sp³-hybridized carbons (Fsp3) is 0.143. The molecule has 0 fully saturated rings. The lowest BCUT2D eigenvalue weighted by atomic mass is 10.3. The monoisotopic (exact) mass is 398 g/mol. The highest BCUT2D eigenvalue weighted by atomic mass is 79.9. The minimum atomic E-state index is -4.04. The second-order valence-electron chi connectivity index (χ2n) is 2.53. The Balaban J connectivity index is 3.34. The third-order valence-electron chi connectivity index (χ3n) is 1.46. The van der Waals surface area contributed by atoms with Crippen LogP contribution in [0.15, 0.2) is 26.0 Å². The summed E-state index contributed by atoms with van der Waals surface area (Å²) in [5, 5.41) is 0. The first-order valence-corrected chi connectivity index (χ1v) is 7.50. The molecule has 0 atom stereocenters. The van der Waals surface area contributed by atoms with E-state index >= 15 is 0 Å². The molecule has 0 amide bonds. The van der Waals surface area contributed by atoms with Crippen LogP contribution in [0, 0.1) is 0 Å². The van der Waals surface area contributed by atoms with Crippen LogP contribution in [0.5, 0.6) is 5.75 Å². The van der Waals surface area contributed by atoms with Gasteiger partial charge in [0, 0.05) is 21.2 Å². The van der Waals surface area contributed by atoms with E-state index in [2.05, 4.69) is 36.6 Å². The molecule has 0 saturated carbocycles. The van der Waals surface area contributed by atoms with Crippen LogP contribution in [0.25, 0.3) is 0 Å². The van der Waals surface area contributed by atoms with Crippen molar-refractivity contribution in [3.8, 4) is 5.75 Å². The van der Waals surface area contributed by atoms with E-state index in [0.29, 0.717) is 0 Å². The van der Waals surface area contributed by atoms with Crippen molar-refractivity contribution < 1.29 is 21.9 Å². The van der Waals surface area contributed by atoms with Gasteiger partial charge in [-0.3, -0.25) is 0 Å². The maximum atomic E-state index is 11.9. The van der Waals surface area contributed by atoms with E-state index in [-0.39, 0.29) is 19.6 Å². The second-order valence-corrected chi connectivity index (χ2v) is 6.72. The predicted molar refractivity (Wildman–Crippen MR) is 61.5 cm³/mol. The molecule has 0 aliphatic rings. The van der Waals surface area contributed by atoms with Crippen LogP contribution in [0.1, 0.15) is 0 Å². The quantitative estimate of drug-likeness (QED) is 0.726. The summed E-state index contributed by atoms with van der Waals surface area (Å²) in [4.78, 5) is -0.348. The smallest absolute Gasteiger partial charge is 0.387 e. The molecule has 0 heterocycles. The molecule has 16 heavy (non-hydrogen) atoms. The van der Waals surface area contributed by atoms with Gasteiger partial charge in [-0.05, 0) is 37.9 Å². The van der Waals surface area contributed by atoms with E-state index in [1.807, 2.05) is 0 Å². The van der Waals surface area contributed by atoms with Gasteiger partial charge in [-0.2, -0.15) is 8.78 Å². The van der Waals surface area contributed by atoms with E-state index in [4.69, 9.17) is 10.7 Å². The molecule has 90 valence electrons. The van der Waals surface area contributed by atoms with Crippen molar-refractivity contribution in [2.75, 3.05) is 0 Å². The standard InChI is InChI=1S/C7H3Br2ClF2O3S/c8-4-1-3(15-7(11)12)2-5(6(4)9)16(10,13)14/h1-2,7H. The van der Waals surface area contributed by atoms with Crippen molar-refractivity contribution in [1.29, 1.82) is 0 Å². The predicted octanol–water partition coefficient (Wildman–Crippen LogP) is 3.74. The van der Waals surface area contributed by atoms with Gasteiger partial charge < -0.3 is 4.74 Å². The number of benzene rings is 1. The Kier molecular flexibility index (Phi) is 4.56. The lowest BCUT2D eigenvalue weighted by molar-refractivity contribution is -0.0500. The molecule has 0 aliphatic carbocycles. The minimum absolute atomic E-state index is 0.143. The number of halogens is 5. The first-order chi connectivity index (χ1) is 7.21. The van der Waals surface area contributed by atoms with Gasteiger partial charge >= 0.3 is 6.61 Å². The second kappa shape index (κ2) is 5.16. The summed E-state index contributed by atoms with van der Waals surface area (Å²) in [5.74, 6) is -0.302. The number of ether oxygens (including phenoxy) is 1. The van der Waals surface area contributed by atoms with Crippen LogP contribution in [0.4, 0.5) is 8.78 Å². The van der Waals surface area contributed by atoms with Gasteiger partial charge in [-0.1, -0.05) is 0 Å². The van der Waals surface area contributed by atoms with Crippen molar-refractivity contribution in [2.45, 2.75) is 11.5 Å². The fourth-order valence-electron chi connectivity index (χ4n) is 0.889. The molecule has 0 aromatic heterocycles. The number of alkyl halides is 2. The van der Waals surface area contributed by atoms with Crippen molar-refractivity contribution >= 4 is 51.6 Å². The van der Waals surface area contributed by atoms with Crippen LogP contribution < -0.4 is 4.74 Å². The van der Waals surface area contributed by atoms with Crippen LogP contribution in [0.2, 0.25) is 0 Å². The average molecular weight is 400 g/mol. The Bertz CT molecular complexity index is 507. The topological polar surface area (TPSA) is 43.4 Å². The number of rotatable bonds is 3. The van der Waals surface area contributed by atoms with E-state index in [1.165, 1.54) is 6.07 Å². The van der Waals surface area contributed by atoms with E-state index in [9.17, 15) is 17.2 Å². The van der Waals surface area contributed by atoms with E-state index < -0.39 is 15.7 Å². The van der Waals surface area contributed by atoms with Crippen molar-refractivity contribution in [3.05, 3.63) is 21.1 Å². The SMILES string of the molecule is O=S(=O)(Cl)c1cc(OC(F)F)cc(Br)c1Br. The van der Waals surface area contributed by atoms with Crippen molar-refractivity contribution in [3.63, 3.8) is 0 Å². The summed E-state index contributed by atoms with van der Waals surface area (Å²) in [5.41, 5.74) is 0. The molecule has 0 N–H and O–H groups in total. The summed E-state index contributed by atoms with van der Waals surface area (Å²) in [6.45, 7) is -3.04. The van der Waals surface area contributed by atoms with E-state index in [0.717, 1.165) is 6.07 Å². The third kappa shape index (κ3) is 3.54. The van der Waals surface area contributed by atoms with Gasteiger partial charge in [0.2, 0.25) is 0 Å². The lowest BCUT2D eigenvalue weighted by Gasteiger charge is -2.08. The molecular formula is C7H3Br2ClF2O3S. The van der Waals surface area contributed by atoms with E-state index in [1.54, 1.807) is 0 Å². The van der Waals surface area contributed by atoms with Gasteiger partial charge in [-0.15, -0.1) is 0 Å². The van der Waals surface area contributed by atoms with Gasteiger partial charge in [0.25, 0.3) is 9.05 Å². The number of hydrogen-bond acceptors (Lipinski definition) is 3. The highest BCUT2D eigenvalue weighted by Gasteiger charge is 2.19. The summed E-state index contributed by atoms with van der Waals surface area (Å²) in [6.07, 6.45) is 0. The lowest BCUT2D eigenvalue weighted by Crippen LogP contribution is -2.03. The fourth-order valence-corrected chi connectivity index (χ4v) is 3.55. The zero-order valence-corrected chi connectivity index (χ0v) is 12.0. The molecule has 3 nitrogen and oxygen atoms in total. The Morgan fingerprint density at radius 1 is 1.31 bits per heavy atom. The summed E-state index contributed by atoms with van der Waals surface area (Å²) in [6, 6.07) is 2.10. The Morgan fingerprint density at radius 2 is 1.88 bits per heavy atom. The molecule has 0 unspecified atom stereocenters. The molecule has 1 rings (SSSR count). The van der Waals surface area contributed by atoms with Crippen molar-refractivity contribution in [1.82, 2.24) is 0 Å². The van der Waals surface area contributed by atoms with Crippen molar-refractivity contribution in [2.24, 2.45) is 0 Å². The Morgan fingerprint density at radius 3 is 2.31 bits per heavy atom. The summed E-state index contributed by atoms with van der Waals surface area (Å²) >= 11 is 5.95. The molecule has 9 heteroatoms. The maximum Gasteiger partial charge on any atom is 0.387 e. The Labute approximate surface area is 111 Å². The molecule has 0 radical (unpaired) electrons. The first kappa shape index (κ1) is 14.1. The molecule has 0 aliphatic heterocycles. The largest absolute Gasteiger partial charge is 0.435 e. The van der Waals surface area contributed by atoms with Gasteiger partial charge in [0.1, 0.15) is 10.6 Å². The molecule has 0 spiro atoms. The molecule has 1 aromatic carbocycles. The van der Waals surface area contributed by atoms with Crippen LogP contribution in [-0.4, -0.2) is 15.0 Å².